The highest BCUT2D eigenvalue weighted by atomic mass is 16.2. The molecule has 1 aliphatic heterocycles. The van der Waals surface area contributed by atoms with Crippen molar-refractivity contribution in [3.8, 4) is 11.1 Å². The average molecular weight is 437 g/mol. The Morgan fingerprint density at radius 1 is 1.03 bits per heavy atom. The molecule has 0 unspecified atom stereocenters. The van der Waals surface area contributed by atoms with Crippen LogP contribution >= 0.6 is 0 Å². The van der Waals surface area contributed by atoms with Gasteiger partial charge < -0.3 is 15.2 Å². The van der Waals surface area contributed by atoms with Gasteiger partial charge in [-0.05, 0) is 72.2 Å². The fourth-order valence-corrected chi connectivity index (χ4v) is 4.90. The highest BCUT2D eigenvalue weighted by molar-refractivity contribution is 5.94. The molecule has 7 heteroatoms. The number of aromatic nitrogens is 4. The van der Waals surface area contributed by atoms with Gasteiger partial charge in [-0.15, -0.1) is 0 Å². The number of hydrogen-bond acceptors (Lipinski definition) is 4. The summed E-state index contributed by atoms with van der Waals surface area (Å²) >= 11 is 0. The zero-order chi connectivity index (χ0) is 22.2. The normalized spacial score (nSPS) is 15.4. The molecule has 2 amide bonds. The number of nitrogens with one attached hydrogen (secondary N) is 2. The number of anilines is 1. The molecule has 2 N–H and O–H groups in total. The van der Waals surface area contributed by atoms with Crippen molar-refractivity contribution in [1.82, 2.24) is 24.8 Å². The number of amides is 2. The van der Waals surface area contributed by atoms with Gasteiger partial charge in [0.05, 0.1) is 5.69 Å². The molecule has 1 aliphatic carbocycles. The number of rotatable bonds is 3. The second-order valence-electron chi connectivity index (χ2n) is 8.55. The molecular formula is C26H24N6O. The van der Waals surface area contributed by atoms with Crippen LogP contribution < -0.4 is 5.32 Å². The van der Waals surface area contributed by atoms with Crippen molar-refractivity contribution in [1.29, 1.82) is 0 Å². The third-order valence-electron chi connectivity index (χ3n) is 6.56. The molecule has 2 aliphatic rings. The molecule has 6 rings (SSSR count). The first kappa shape index (κ1) is 19.7. The molecule has 0 saturated heterocycles. The van der Waals surface area contributed by atoms with E-state index in [1.165, 1.54) is 28.6 Å². The van der Waals surface area contributed by atoms with E-state index in [-0.39, 0.29) is 6.03 Å². The first-order valence-corrected chi connectivity index (χ1v) is 11.4. The summed E-state index contributed by atoms with van der Waals surface area (Å²) in [5.74, 6) is 0. The van der Waals surface area contributed by atoms with Gasteiger partial charge in [0.15, 0.2) is 0 Å². The van der Waals surface area contributed by atoms with Crippen LogP contribution in [0.5, 0.6) is 0 Å². The van der Waals surface area contributed by atoms with Crippen molar-refractivity contribution in [2.24, 2.45) is 0 Å². The molecule has 1 aromatic carbocycles. The van der Waals surface area contributed by atoms with Crippen LogP contribution in [0, 0.1) is 0 Å². The summed E-state index contributed by atoms with van der Waals surface area (Å²) < 4.78 is 0. The Hall–Kier alpha value is -4.00. The fraction of sp³-hybridized carbons (Fsp3) is 0.231. The summed E-state index contributed by atoms with van der Waals surface area (Å²) in [6, 6.07) is 11.7. The predicted molar refractivity (Wildman–Crippen MR) is 129 cm³/mol. The Morgan fingerprint density at radius 3 is 2.79 bits per heavy atom. The Labute approximate surface area is 191 Å². The predicted octanol–water partition coefficient (Wildman–Crippen LogP) is 4.83. The van der Waals surface area contributed by atoms with Crippen LogP contribution in [-0.4, -0.2) is 44.0 Å². The van der Waals surface area contributed by atoms with E-state index in [4.69, 9.17) is 0 Å². The maximum Gasteiger partial charge on any atom is 0.322 e. The average Bonchev–Trinajstić information content (AvgIpc) is 3.46. The van der Waals surface area contributed by atoms with E-state index in [0.29, 0.717) is 13.1 Å². The fourth-order valence-electron chi connectivity index (χ4n) is 4.90. The van der Waals surface area contributed by atoms with Gasteiger partial charge in [0.2, 0.25) is 0 Å². The summed E-state index contributed by atoms with van der Waals surface area (Å²) in [6.07, 6.45) is 11.4. The number of nitrogens with zero attached hydrogens (tertiary/aromatic N) is 4. The first-order valence-electron chi connectivity index (χ1n) is 11.4. The maximum absolute atomic E-state index is 12.9. The van der Waals surface area contributed by atoms with Gasteiger partial charge in [-0.1, -0.05) is 18.2 Å². The number of aryl methyl sites for hydroxylation is 2. The molecule has 33 heavy (non-hydrogen) atoms. The monoisotopic (exact) mass is 436 g/mol. The van der Waals surface area contributed by atoms with E-state index in [1.807, 2.05) is 41.3 Å². The SMILES string of the molecule is O=C(Nc1cccc(-c2ccncc2)c1)N1CC=C(c2ncnc3[nH]c4c(c23)CCC4)CC1. The lowest BCUT2D eigenvalue weighted by molar-refractivity contribution is 0.217. The van der Waals surface area contributed by atoms with E-state index >= 15 is 0 Å². The van der Waals surface area contributed by atoms with Crippen molar-refractivity contribution in [3.63, 3.8) is 0 Å². The molecule has 4 aromatic rings. The Kier molecular flexibility index (Phi) is 4.87. The lowest BCUT2D eigenvalue weighted by Gasteiger charge is -2.27. The smallest absolute Gasteiger partial charge is 0.322 e. The van der Waals surface area contributed by atoms with Crippen LogP contribution in [0.4, 0.5) is 10.5 Å². The summed E-state index contributed by atoms with van der Waals surface area (Å²) in [5.41, 5.74) is 8.71. The van der Waals surface area contributed by atoms with E-state index in [0.717, 1.165) is 47.4 Å². The third-order valence-corrected chi connectivity index (χ3v) is 6.56. The number of carbonyl (C=O) groups excluding carboxylic acids is 1. The first-order chi connectivity index (χ1) is 16.3. The van der Waals surface area contributed by atoms with Crippen LogP contribution in [0.2, 0.25) is 0 Å². The molecule has 0 fully saturated rings. The summed E-state index contributed by atoms with van der Waals surface area (Å²) in [4.78, 5) is 31.4. The van der Waals surface area contributed by atoms with Crippen LogP contribution in [-0.2, 0) is 12.8 Å². The Morgan fingerprint density at radius 2 is 1.94 bits per heavy atom. The number of fused-ring (bicyclic) bond motifs is 3. The van der Waals surface area contributed by atoms with Crippen molar-refractivity contribution in [2.75, 3.05) is 18.4 Å². The number of urea groups is 1. The van der Waals surface area contributed by atoms with Crippen LogP contribution in [0.3, 0.4) is 0 Å². The molecule has 0 atom stereocenters. The number of H-pyrrole nitrogens is 1. The van der Waals surface area contributed by atoms with Gasteiger partial charge in [-0.25, -0.2) is 14.8 Å². The topological polar surface area (TPSA) is 86.8 Å². The second-order valence-corrected chi connectivity index (χ2v) is 8.55. The van der Waals surface area contributed by atoms with Crippen molar-refractivity contribution in [2.45, 2.75) is 25.7 Å². The standard InChI is InChI=1S/C26H24N6O/c33-26(30-20-4-1-3-19(15-20)17-7-11-27-12-8-17)32-13-9-18(10-14-32)24-23-21-5-2-6-22(21)31-25(23)29-16-28-24/h1,3-4,7-9,11-12,15-16H,2,5-6,10,13-14H2,(H,30,33)(H,28,29,31). The summed E-state index contributed by atoms with van der Waals surface area (Å²) in [7, 11) is 0. The minimum absolute atomic E-state index is 0.0902. The second kappa shape index (κ2) is 8.16. The highest BCUT2D eigenvalue weighted by Crippen LogP contribution is 2.34. The molecule has 3 aromatic heterocycles. The third kappa shape index (κ3) is 3.65. The molecule has 0 bridgehead atoms. The molecule has 0 spiro atoms. The van der Waals surface area contributed by atoms with Gasteiger partial charge >= 0.3 is 6.03 Å². The lowest BCUT2D eigenvalue weighted by atomic mass is 10.00. The van der Waals surface area contributed by atoms with Gasteiger partial charge in [0, 0.05) is 42.3 Å². The van der Waals surface area contributed by atoms with Gasteiger partial charge in [0.25, 0.3) is 0 Å². The Bertz CT molecular complexity index is 1370. The van der Waals surface area contributed by atoms with E-state index in [2.05, 4.69) is 31.3 Å². The van der Waals surface area contributed by atoms with E-state index in [9.17, 15) is 4.79 Å². The largest absolute Gasteiger partial charge is 0.343 e. The van der Waals surface area contributed by atoms with E-state index < -0.39 is 0 Å². The molecular weight excluding hydrogens is 412 g/mol. The molecule has 0 saturated carbocycles. The number of benzene rings is 1. The number of carbonyl (C=O) groups is 1. The Balaban J connectivity index is 1.19. The highest BCUT2D eigenvalue weighted by Gasteiger charge is 2.24. The summed E-state index contributed by atoms with van der Waals surface area (Å²) in [5, 5.41) is 4.22. The lowest BCUT2D eigenvalue weighted by Crippen LogP contribution is -2.38. The number of pyridine rings is 1. The van der Waals surface area contributed by atoms with Crippen LogP contribution in [0.15, 0.2) is 61.2 Å². The minimum Gasteiger partial charge on any atom is -0.343 e. The number of aromatic amines is 1. The van der Waals surface area contributed by atoms with Crippen LogP contribution in [0.25, 0.3) is 27.7 Å². The zero-order valence-corrected chi connectivity index (χ0v) is 18.2. The maximum atomic E-state index is 12.9. The van der Waals surface area contributed by atoms with E-state index in [1.54, 1.807) is 18.7 Å². The quantitative estimate of drug-likeness (QED) is 0.482. The molecule has 7 nitrogen and oxygen atoms in total. The van der Waals surface area contributed by atoms with Gasteiger partial charge in [-0.2, -0.15) is 0 Å². The molecule has 4 heterocycles. The molecule has 0 radical (unpaired) electrons. The minimum atomic E-state index is -0.0902. The molecule has 164 valence electrons. The van der Waals surface area contributed by atoms with Gasteiger partial charge in [-0.3, -0.25) is 4.98 Å². The van der Waals surface area contributed by atoms with Crippen molar-refractivity contribution < 1.29 is 4.79 Å². The zero-order valence-electron chi connectivity index (χ0n) is 18.2. The van der Waals surface area contributed by atoms with Crippen LogP contribution in [0.1, 0.15) is 29.8 Å². The van der Waals surface area contributed by atoms with Crippen molar-refractivity contribution in [3.05, 3.63) is 78.1 Å². The van der Waals surface area contributed by atoms with Crippen molar-refractivity contribution >= 4 is 28.3 Å². The summed E-state index contributed by atoms with van der Waals surface area (Å²) in [6.45, 7) is 1.21. The van der Waals surface area contributed by atoms with Gasteiger partial charge in [0.1, 0.15) is 12.0 Å². The number of hydrogen-bond donors (Lipinski definition) is 2.